The molecule has 0 radical (unpaired) electrons. The molecule has 112 valence electrons. The smallest absolute Gasteiger partial charge is 0.311 e. The number of rotatable bonds is 2. The van der Waals surface area contributed by atoms with Crippen LogP contribution >= 0.6 is 0 Å². The number of nitrogens with zero attached hydrogens (tertiary/aromatic N) is 2. The molecule has 0 aromatic rings. The fourth-order valence-electron chi connectivity index (χ4n) is 2.50. The molecule has 2 saturated heterocycles. The average Bonchev–Trinajstić information content (AvgIpc) is 2.53. The standard InChI is InChI=1S/C13H22N4O3/c18-11(16-6-2-1-3-7-16)10-15-12(19)13(20)17-8-4-14-5-9-17/h14H,1-10H2,(H,15,19). The average molecular weight is 282 g/mol. The summed E-state index contributed by atoms with van der Waals surface area (Å²) in [5.74, 6) is -1.33. The van der Waals surface area contributed by atoms with Gasteiger partial charge in [0.15, 0.2) is 0 Å². The fourth-order valence-corrected chi connectivity index (χ4v) is 2.50. The van der Waals surface area contributed by atoms with Gasteiger partial charge in [0.2, 0.25) is 5.91 Å². The summed E-state index contributed by atoms with van der Waals surface area (Å²) in [4.78, 5) is 38.7. The predicted octanol–water partition coefficient (Wildman–Crippen LogP) is -1.45. The largest absolute Gasteiger partial charge is 0.341 e. The third kappa shape index (κ3) is 3.93. The number of carbonyl (C=O) groups is 3. The van der Waals surface area contributed by atoms with Crippen molar-refractivity contribution in [3.8, 4) is 0 Å². The molecule has 0 saturated carbocycles. The number of piperidine rings is 1. The summed E-state index contributed by atoms with van der Waals surface area (Å²) >= 11 is 0. The Hall–Kier alpha value is -1.63. The van der Waals surface area contributed by atoms with E-state index in [9.17, 15) is 14.4 Å². The SMILES string of the molecule is O=C(NCC(=O)N1CCCCC1)C(=O)N1CCNCC1. The van der Waals surface area contributed by atoms with Crippen LogP contribution < -0.4 is 10.6 Å². The highest BCUT2D eigenvalue weighted by Gasteiger charge is 2.24. The van der Waals surface area contributed by atoms with Gasteiger partial charge < -0.3 is 20.4 Å². The first-order valence-electron chi connectivity index (χ1n) is 7.24. The summed E-state index contributed by atoms with van der Waals surface area (Å²) in [5, 5.41) is 5.55. The number of piperazine rings is 1. The van der Waals surface area contributed by atoms with Crippen LogP contribution in [0.5, 0.6) is 0 Å². The maximum absolute atomic E-state index is 11.9. The molecule has 20 heavy (non-hydrogen) atoms. The van der Waals surface area contributed by atoms with Gasteiger partial charge in [-0.3, -0.25) is 14.4 Å². The number of likely N-dealkylation sites (tertiary alicyclic amines) is 1. The van der Waals surface area contributed by atoms with Gasteiger partial charge in [-0.05, 0) is 19.3 Å². The van der Waals surface area contributed by atoms with Gasteiger partial charge >= 0.3 is 11.8 Å². The van der Waals surface area contributed by atoms with Crippen molar-refractivity contribution in [3.63, 3.8) is 0 Å². The Morgan fingerprint density at radius 1 is 0.900 bits per heavy atom. The van der Waals surface area contributed by atoms with E-state index in [1.54, 1.807) is 4.90 Å². The summed E-state index contributed by atoms with van der Waals surface area (Å²) in [7, 11) is 0. The highest BCUT2D eigenvalue weighted by Crippen LogP contribution is 2.08. The topological polar surface area (TPSA) is 81.8 Å². The van der Waals surface area contributed by atoms with Crippen molar-refractivity contribution in [2.24, 2.45) is 0 Å². The zero-order valence-electron chi connectivity index (χ0n) is 11.7. The lowest BCUT2D eigenvalue weighted by Crippen LogP contribution is -2.52. The highest BCUT2D eigenvalue weighted by molar-refractivity contribution is 6.35. The van der Waals surface area contributed by atoms with Crippen LogP contribution in [0.2, 0.25) is 0 Å². The molecule has 7 heteroatoms. The van der Waals surface area contributed by atoms with Gasteiger partial charge in [-0.15, -0.1) is 0 Å². The Morgan fingerprint density at radius 2 is 1.55 bits per heavy atom. The summed E-state index contributed by atoms with van der Waals surface area (Å²) in [6.07, 6.45) is 3.18. The molecule has 2 rings (SSSR count). The lowest BCUT2D eigenvalue weighted by Gasteiger charge is -2.28. The molecular weight excluding hydrogens is 260 g/mol. The number of hydrogen-bond acceptors (Lipinski definition) is 4. The Bertz CT molecular complexity index is 374. The van der Waals surface area contributed by atoms with E-state index in [4.69, 9.17) is 0 Å². The van der Waals surface area contributed by atoms with Gasteiger partial charge in [0.05, 0.1) is 6.54 Å². The molecule has 2 aliphatic heterocycles. The second-order valence-corrected chi connectivity index (χ2v) is 5.17. The number of carbonyl (C=O) groups excluding carboxylic acids is 3. The van der Waals surface area contributed by atoms with Crippen molar-refractivity contribution < 1.29 is 14.4 Å². The monoisotopic (exact) mass is 282 g/mol. The van der Waals surface area contributed by atoms with Gasteiger partial charge in [0, 0.05) is 39.3 Å². The van der Waals surface area contributed by atoms with Gasteiger partial charge in [-0.25, -0.2) is 0 Å². The van der Waals surface area contributed by atoms with E-state index in [1.165, 1.54) is 4.90 Å². The van der Waals surface area contributed by atoms with Crippen LogP contribution in [-0.4, -0.2) is 73.3 Å². The zero-order valence-corrected chi connectivity index (χ0v) is 11.7. The van der Waals surface area contributed by atoms with Crippen molar-refractivity contribution in [1.82, 2.24) is 20.4 Å². The first-order valence-corrected chi connectivity index (χ1v) is 7.24. The minimum absolute atomic E-state index is 0.0866. The Labute approximate surface area is 118 Å². The molecule has 2 heterocycles. The Kier molecular flexibility index (Phi) is 5.34. The minimum Gasteiger partial charge on any atom is -0.341 e. The zero-order chi connectivity index (χ0) is 14.4. The lowest BCUT2D eigenvalue weighted by molar-refractivity contribution is -0.146. The van der Waals surface area contributed by atoms with Crippen LogP contribution in [0.15, 0.2) is 0 Å². The maximum atomic E-state index is 11.9. The van der Waals surface area contributed by atoms with E-state index < -0.39 is 11.8 Å². The molecular formula is C13H22N4O3. The number of hydrogen-bond donors (Lipinski definition) is 2. The van der Waals surface area contributed by atoms with Crippen LogP contribution in [0.4, 0.5) is 0 Å². The van der Waals surface area contributed by atoms with Crippen molar-refractivity contribution in [1.29, 1.82) is 0 Å². The third-order valence-electron chi connectivity index (χ3n) is 3.71. The van der Waals surface area contributed by atoms with E-state index in [1.807, 2.05) is 0 Å². The maximum Gasteiger partial charge on any atom is 0.311 e. The van der Waals surface area contributed by atoms with Crippen molar-refractivity contribution >= 4 is 17.7 Å². The fraction of sp³-hybridized carbons (Fsp3) is 0.769. The van der Waals surface area contributed by atoms with Crippen LogP contribution in [0, 0.1) is 0 Å². The van der Waals surface area contributed by atoms with Crippen LogP contribution in [0.3, 0.4) is 0 Å². The molecule has 0 aliphatic carbocycles. The molecule has 7 nitrogen and oxygen atoms in total. The van der Waals surface area contributed by atoms with E-state index in [-0.39, 0.29) is 12.5 Å². The molecule has 2 fully saturated rings. The van der Waals surface area contributed by atoms with Crippen LogP contribution in [0.25, 0.3) is 0 Å². The second-order valence-electron chi connectivity index (χ2n) is 5.17. The third-order valence-corrected chi connectivity index (χ3v) is 3.71. The molecule has 2 aliphatic rings. The van der Waals surface area contributed by atoms with Crippen molar-refractivity contribution in [3.05, 3.63) is 0 Å². The van der Waals surface area contributed by atoms with Crippen molar-refractivity contribution in [2.45, 2.75) is 19.3 Å². The molecule has 0 atom stereocenters. The first-order chi connectivity index (χ1) is 9.68. The molecule has 3 amide bonds. The predicted molar refractivity (Wildman–Crippen MR) is 72.9 cm³/mol. The summed E-state index contributed by atoms with van der Waals surface area (Å²) in [6, 6.07) is 0. The van der Waals surface area contributed by atoms with Gasteiger partial charge in [0.25, 0.3) is 0 Å². The summed E-state index contributed by atoms with van der Waals surface area (Å²) in [5.41, 5.74) is 0. The molecule has 0 bridgehead atoms. The van der Waals surface area contributed by atoms with Crippen LogP contribution in [-0.2, 0) is 14.4 Å². The van der Waals surface area contributed by atoms with Crippen LogP contribution in [0.1, 0.15) is 19.3 Å². The molecule has 2 N–H and O–H groups in total. The Morgan fingerprint density at radius 3 is 2.20 bits per heavy atom. The number of amides is 3. The minimum atomic E-state index is -0.683. The van der Waals surface area contributed by atoms with E-state index in [2.05, 4.69) is 10.6 Å². The first kappa shape index (κ1) is 14.8. The summed E-state index contributed by atoms with van der Waals surface area (Å²) < 4.78 is 0. The Balaban J connectivity index is 1.73. The lowest BCUT2D eigenvalue weighted by atomic mass is 10.1. The molecule has 0 unspecified atom stereocenters. The molecule has 0 spiro atoms. The van der Waals surface area contributed by atoms with Gasteiger partial charge in [0.1, 0.15) is 0 Å². The van der Waals surface area contributed by atoms with Crippen molar-refractivity contribution in [2.75, 3.05) is 45.8 Å². The number of nitrogens with one attached hydrogen (secondary N) is 2. The quantitative estimate of drug-likeness (QED) is 0.607. The van der Waals surface area contributed by atoms with Gasteiger partial charge in [-0.1, -0.05) is 0 Å². The van der Waals surface area contributed by atoms with E-state index in [0.29, 0.717) is 26.2 Å². The van der Waals surface area contributed by atoms with E-state index >= 15 is 0 Å². The summed E-state index contributed by atoms with van der Waals surface area (Å²) in [6.45, 7) is 3.88. The van der Waals surface area contributed by atoms with E-state index in [0.717, 1.165) is 32.4 Å². The normalized spacial score (nSPS) is 19.6. The molecule has 0 aromatic heterocycles. The highest BCUT2D eigenvalue weighted by atomic mass is 16.2. The molecule has 0 aromatic carbocycles. The van der Waals surface area contributed by atoms with Gasteiger partial charge in [-0.2, -0.15) is 0 Å². The second kappa shape index (κ2) is 7.23.